The molecular formula is C20H17BrFNO3S2. The third-order valence-electron chi connectivity index (χ3n) is 4.04. The lowest BCUT2D eigenvalue weighted by molar-refractivity contribution is 0.449. The second-order valence-corrected chi connectivity index (χ2v) is 11.0. The van der Waals surface area contributed by atoms with Crippen LogP contribution in [-0.4, -0.2) is 12.6 Å². The van der Waals surface area contributed by atoms with Gasteiger partial charge in [-0.1, -0.05) is 73.8 Å². The average molecular weight is 482 g/mol. The third kappa shape index (κ3) is 4.19. The normalized spacial score (nSPS) is 14.8. The van der Waals surface area contributed by atoms with Crippen LogP contribution < -0.4 is 0 Å². The molecule has 0 saturated carbocycles. The Morgan fingerprint density at radius 1 is 0.821 bits per heavy atom. The van der Waals surface area contributed by atoms with Gasteiger partial charge in [-0.2, -0.15) is 8.42 Å². The number of sulfonamides is 1. The molecule has 0 radical (unpaired) electrons. The highest BCUT2D eigenvalue weighted by molar-refractivity contribution is 9.10. The number of aryl methyl sites for hydroxylation is 1. The van der Waals surface area contributed by atoms with Gasteiger partial charge in [-0.05, 0) is 37.3 Å². The fourth-order valence-electron chi connectivity index (χ4n) is 2.55. The van der Waals surface area contributed by atoms with Crippen molar-refractivity contribution in [3.63, 3.8) is 0 Å². The molecular weight excluding hydrogens is 465 g/mol. The molecule has 0 bridgehead atoms. The van der Waals surface area contributed by atoms with Crippen molar-refractivity contribution in [2.45, 2.75) is 22.2 Å². The molecule has 0 amide bonds. The van der Waals surface area contributed by atoms with Crippen molar-refractivity contribution in [1.82, 2.24) is 0 Å². The number of alkyl halides is 1. The number of hydrogen-bond acceptors (Lipinski definition) is 3. The van der Waals surface area contributed by atoms with Gasteiger partial charge in [0.1, 0.15) is 9.73 Å². The largest absolute Gasteiger partial charge is 0.290 e. The highest BCUT2D eigenvalue weighted by Gasteiger charge is 2.31. The Bertz CT molecular complexity index is 1200. The molecule has 0 aromatic heterocycles. The maximum Gasteiger partial charge on any atom is 0.290 e. The van der Waals surface area contributed by atoms with Crippen LogP contribution in [0.25, 0.3) is 0 Å². The average Bonchev–Trinajstić information content (AvgIpc) is 2.68. The van der Waals surface area contributed by atoms with Crippen LogP contribution in [0.2, 0.25) is 0 Å². The van der Waals surface area contributed by atoms with Crippen molar-refractivity contribution in [2.24, 2.45) is 3.77 Å². The highest BCUT2D eigenvalue weighted by atomic mass is 79.9. The van der Waals surface area contributed by atoms with Crippen molar-refractivity contribution >= 4 is 35.7 Å². The summed E-state index contributed by atoms with van der Waals surface area (Å²) in [5.41, 5.74) is -1.22. The van der Waals surface area contributed by atoms with E-state index in [2.05, 4.69) is 19.7 Å². The molecule has 0 aliphatic rings. The van der Waals surface area contributed by atoms with E-state index < -0.39 is 25.3 Å². The molecule has 146 valence electrons. The summed E-state index contributed by atoms with van der Waals surface area (Å²) in [7, 11) is -8.35. The Kier molecular flexibility index (Phi) is 6.02. The zero-order valence-corrected chi connectivity index (χ0v) is 18.0. The van der Waals surface area contributed by atoms with E-state index in [0.29, 0.717) is 4.47 Å². The maximum absolute atomic E-state index is 15.6. The quantitative estimate of drug-likeness (QED) is 0.473. The van der Waals surface area contributed by atoms with Gasteiger partial charge < -0.3 is 0 Å². The van der Waals surface area contributed by atoms with Crippen LogP contribution >= 0.6 is 15.9 Å². The Morgan fingerprint density at radius 2 is 1.39 bits per heavy atom. The van der Waals surface area contributed by atoms with Gasteiger partial charge >= 0.3 is 0 Å². The lowest BCUT2D eigenvalue weighted by Gasteiger charge is -2.17. The Labute approximate surface area is 172 Å². The van der Waals surface area contributed by atoms with Crippen molar-refractivity contribution < 1.29 is 17.0 Å². The number of benzene rings is 3. The molecule has 28 heavy (non-hydrogen) atoms. The molecule has 8 heteroatoms. The molecule has 3 aromatic carbocycles. The van der Waals surface area contributed by atoms with Crippen LogP contribution in [0.1, 0.15) is 16.6 Å². The van der Waals surface area contributed by atoms with Crippen LogP contribution in [0.4, 0.5) is 4.39 Å². The van der Waals surface area contributed by atoms with Gasteiger partial charge in [0.05, 0.1) is 9.79 Å². The predicted octanol–water partition coefficient (Wildman–Crippen LogP) is 5.64. The molecule has 0 aliphatic heterocycles. The van der Waals surface area contributed by atoms with Gasteiger partial charge in [-0.15, -0.1) is 0 Å². The number of nitrogens with zero attached hydrogens (tertiary/aromatic N) is 1. The van der Waals surface area contributed by atoms with E-state index in [1.165, 1.54) is 30.3 Å². The SMILES string of the molecule is Cc1ccc(S(=O)(=O)N=[S@](=O)(c2ccccc2)[C@H](F)c2ccccc2Br)cc1. The van der Waals surface area contributed by atoms with E-state index in [9.17, 15) is 12.6 Å². The summed E-state index contributed by atoms with van der Waals surface area (Å²) in [6, 6.07) is 19.9. The minimum Gasteiger partial charge on any atom is -0.240 e. The molecule has 0 saturated heterocycles. The van der Waals surface area contributed by atoms with E-state index >= 15 is 4.39 Å². The van der Waals surface area contributed by atoms with Crippen molar-refractivity contribution in [1.29, 1.82) is 0 Å². The Hall–Kier alpha value is -2.03. The van der Waals surface area contributed by atoms with Crippen molar-refractivity contribution in [2.75, 3.05) is 0 Å². The molecule has 0 N–H and O–H groups in total. The van der Waals surface area contributed by atoms with Gasteiger partial charge in [0.25, 0.3) is 10.0 Å². The first-order valence-electron chi connectivity index (χ1n) is 8.26. The molecule has 0 heterocycles. The summed E-state index contributed by atoms with van der Waals surface area (Å²) in [6.07, 6.45) is 0. The smallest absolute Gasteiger partial charge is 0.240 e. The second kappa shape index (κ2) is 8.14. The van der Waals surface area contributed by atoms with Crippen LogP contribution in [0, 0.1) is 6.92 Å². The first kappa shape index (κ1) is 20.7. The molecule has 0 spiro atoms. The summed E-state index contributed by atoms with van der Waals surface area (Å²) in [6.45, 7) is 1.81. The lowest BCUT2D eigenvalue weighted by Crippen LogP contribution is -2.13. The first-order valence-corrected chi connectivity index (χ1v) is 12.1. The van der Waals surface area contributed by atoms with Crippen LogP contribution in [0.3, 0.4) is 0 Å². The topological polar surface area (TPSA) is 63.6 Å². The van der Waals surface area contributed by atoms with Crippen molar-refractivity contribution in [3.05, 3.63) is 94.5 Å². The number of hydrogen-bond donors (Lipinski definition) is 0. The fraction of sp³-hybridized carbons (Fsp3) is 0.100. The van der Waals surface area contributed by atoms with Crippen LogP contribution in [0.15, 0.2) is 96.9 Å². The molecule has 0 unspecified atom stereocenters. The third-order valence-corrected chi connectivity index (χ3v) is 9.06. The predicted molar refractivity (Wildman–Crippen MR) is 112 cm³/mol. The lowest BCUT2D eigenvalue weighted by atomic mass is 10.2. The minimum absolute atomic E-state index is 0.00828. The summed E-state index contributed by atoms with van der Waals surface area (Å²) in [5, 5.41) is 0. The Balaban J connectivity index is 2.26. The van der Waals surface area contributed by atoms with Crippen LogP contribution in [0.5, 0.6) is 0 Å². The molecule has 3 aromatic rings. The summed E-state index contributed by atoms with van der Waals surface area (Å²) in [5.74, 6) is 0. The number of rotatable bonds is 5. The summed E-state index contributed by atoms with van der Waals surface area (Å²) < 4.78 is 59.0. The molecule has 2 atom stereocenters. The zero-order chi connectivity index (χ0) is 20.4. The number of halogens is 2. The molecule has 0 fully saturated rings. The van der Waals surface area contributed by atoms with Gasteiger partial charge in [-0.3, -0.25) is 0 Å². The van der Waals surface area contributed by atoms with Crippen molar-refractivity contribution in [3.8, 4) is 0 Å². The van der Waals surface area contributed by atoms with Gasteiger partial charge in [-0.25, -0.2) is 8.60 Å². The molecule has 4 nitrogen and oxygen atoms in total. The standard InChI is InChI=1S/C20H17BrFNO3S2/c1-15-11-13-17(14-12-15)28(25,26)23-27(24,16-7-3-2-4-8-16)20(22)18-9-5-6-10-19(18)21/h2-14,20H,1H3/t20-,27-/m0/s1. The van der Waals surface area contributed by atoms with Gasteiger partial charge in [0.2, 0.25) is 5.50 Å². The Morgan fingerprint density at radius 3 is 2.00 bits per heavy atom. The van der Waals surface area contributed by atoms with Gasteiger partial charge in [0.15, 0.2) is 0 Å². The minimum atomic E-state index is -4.35. The molecule has 3 rings (SSSR count). The zero-order valence-electron chi connectivity index (χ0n) is 14.8. The fourth-order valence-corrected chi connectivity index (χ4v) is 7.16. The van der Waals surface area contributed by atoms with E-state index in [4.69, 9.17) is 0 Å². The summed E-state index contributed by atoms with van der Waals surface area (Å²) >= 11 is 3.24. The maximum atomic E-state index is 15.6. The first-order chi connectivity index (χ1) is 13.2. The second-order valence-electron chi connectivity index (χ2n) is 6.08. The van der Waals surface area contributed by atoms with E-state index in [-0.39, 0.29) is 15.4 Å². The van der Waals surface area contributed by atoms with Crippen LogP contribution in [-0.2, 0) is 19.8 Å². The monoisotopic (exact) mass is 481 g/mol. The highest BCUT2D eigenvalue weighted by Crippen LogP contribution is 2.37. The van der Waals surface area contributed by atoms with E-state index in [1.807, 2.05) is 6.92 Å². The van der Waals surface area contributed by atoms with Gasteiger partial charge in [0, 0.05) is 10.0 Å². The summed E-state index contributed by atoms with van der Waals surface area (Å²) in [4.78, 5) is -0.130. The van der Waals surface area contributed by atoms with E-state index in [0.717, 1.165) is 5.56 Å². The molecule has 0 aliphatic carbocycles. The van der Waals surface area contributed by atoms with E-state index in [1.54, 1.807) is 48.5 Å².